The third-order valence-electron chi connectivity index (χ3n) is 2.57. The number of alkyl halides is 1. The van der Waals surface area contributed by atoms with Crippen LogP contribution in [0.5, 0.6) is 0 Å². The molecule has 14 heavy (non-hydrogen) atoms. The van der Waals surface area contributed by atoms with Crippen molar-refractivity contribution in [2.24, 2.45) is 12.5 Å². The predicted octanol–water partition coefficient (Wildman–Crippen LogP) is 3.01. The standard InChI is InChI=1S/C11H19ClN2/c1-4-5-11(2,9-12)6-10-7-13-14(3)8-10/h7-8H,4-6,9H2,1-3H3. The van der Waals surface area contributed by atoms with Crippen molar-refractivity contribution in [1.29, 1.82) is 0 Å². The fourth-order valence-electron chi connectivity index (χ4n) is 1.86. The van der Waals surface area contributed by atoms with Gasteiger partial charge in [0.15, 0.2) is 0 Å². The number of rotatable bonds is 5. The van der Waals surface area contributed by atoms with E-state index in [4.69, 9.17) is 11.6 Å². The van der Waals surface area contributed by atoms with Crippen LogP contribution in [-0.4, -0.2) is 15.7 Å². The van der Waals surface area contributed by atoms with Crippen molar-refractivity contribution in [3.05, 3.63) is 18.0 Å². The summed E-state index contributed by atoms with van der Waals surface area (Å²) in [5.74, 6) is 0.718. The van der Waals surface area contributed by atoms with Gasteiger partial charge in [0, 0.05) is 19.1 Å². The first kappa shape index (κ1) is 11.6. The maximum Gasteiger partial charge on any atom is 0.0521 e. The number of aryl methyl sites for hydroxylation is 1. The van der Waals surface area contributed by atoms with Crippen LogP contribution in [0, 0.1) is 5.41 Å². The van der Waals surface area contributed by atoms with Gasteiger partial charge >= 0.3 is 0 Å². The van der Waals surface area contributed by atoms with E-state index in [1.54, 1.807) is 0 Å². The summed E-state index contributed by atoms with van der Waals surface area (Å²) in [7, 11) is 1.95. The molecular weight excluding hydrogens is 196 g/mol. The fourth-order valence-corrected chi connectivity index (χ4v) is 2.09. The summed E-state index contributed by atoms with van der Waals surface area (Å²) in [4.78, 5) is 0. The first-order chi connectivity index (χ1) is 6.59. The first-order valence-corrected chi connectivity index (χ1v) is 5.66. The number of hydrogen-bond acceptors (Lipinski definition) is 1. The Balaban J connectivity index is 2.64. The largest absolute Gasteiger partial charge is 0.276 e. The molecule has 0 saturated carbocycles. The Morgan fingerprint density at radius 1 is 1.57 bits per heavy atom. The molecule has 1 aromatic rings. The molecule has 1 atom stereocenters. The zero-order valence-electron chi connectivity index (χ0n) is 9.26. The molecule has 0 N–H and O–H groups in total. The van der Waals surface area contributed by atoms with Crippen LogP contribution in [0.3, 0.4) is 0 Å². The van der Waals surface area contributed by atoms with E-state index < -0.39 is 0 Å². The molecule has 3 heteroatoms. The zero-order chi connectivity index (χ0) is 10.6. The van der Waals surface area contributed by atoms with E-state index in [1.807, 2.05) is 17.9 Å². The first-order valence-electron chi connectivity index (χ1n) is 5.13. The van der Waals surface area contributed by atoms with E-state index in [-0.39, 0.29) is 5.41 Å². The van der Waals surface area contributed by atoms with Gasteiger partial charge in [-0.1, -0.05) is 20.3 Å². The minimum atomic E-state index is 0.222. The molecule has 0 bridgehead atoms. The average molecular weight is 215 g/mol. The average Bonchev–Trinajstić information content (AvgIpc) is 2.51. The normalized spacial score (nSPS) is 15.4. The molecule has 1 aromatic heterocycles. The molecule has 0 aromatic carbocycles. The molecule has 0 aliphatic rings. The Morgan fingerprint density at radius 2 is 2.29 bits per heavy atom. The Hall–Kier alpha value is -0.500. The molecule has 0 saturated heterocycles. The SMILES string of the molecule is CCCC(C)(CCl)Cc1cnn(C)c1. The molecule has 0 spiro atoms. The van der Waals surface area contributed by atoms with E-state index in [9.17, 15) is 0 Å². The van der Waals surface area contributed by atoms with E-state index in [0.29, 0.717) is 0 Å². The summed E-state index contributed by atoms with van der Waals surface area (Å²) in [6.07, 6.45) is 7.38. The van der Waals surface area contributed by atoms with Crippen LogP contribution >= 0.6 is 11.6 Å². The van der Waals surface area contributed by atoms with Crippen LogP contribution in [0.1, 0.15) is 32.3 Å². The molecule has 0 radical (unpaired) electrons. The van der Waals surface area contributed by atoms with Crippen molar-refractivity contribution in [2.75, 3.05) is 5.88 Å². The van der Waals surface area contributed by atoms with Crippen LogP contribution in [0.4, 0.5) is 0 Å². The van der Waals surface area contributed by atoms with Crippen molar-refractivity contribution in [3.8, 4) is 0 Å². The lowest BCUT2D eigenvalue weighted by atomic mass is 9.82. The Bertz CT molecular complexity index is 283. The van der Waals surface area contributed by atoms with E-state index in [0.717, 1.165) is 12.3 Å². The molecule has 1 unspecified atom stereocenters. The van der Waals surface area contributed by atoms with Gasteiger partial charge in [0.1, 0.15) is 0 Å². The van der Waals surface area contributed by atoms with Gasteiger partial charge < -0.3 is 0 Å². The van der Waals surface area contributed by atoms with Crippen molar-refractivity contribution in [3.63, 3.8) is 0 Å². The minimum absolute atomic E-state index is 0.222. The van der Waals surface area contributed by atoms with Gasteiger partial charge in [-0.25, -0.2) is 0 Å². The molecule has 1 heterocycles. The Kier molecular flexibility index (Phi) is 3.99. The molecule has 0 fully saturated rings. The van der Waals surface area contributed by atoms with Crippen LogP contribution in [-0.2, 0) is 13.5 Å². The van der Waals surface area contributed by atoms with Crippen molar-refractivity contribution in [2.45, 2.75) is 33.1 Å². The number of nitrogens with zero attached hydrogens (tertiary/aromatic N) is 2. The summed E-state index contributed by atoms with van der Waals surface area (Å²) in [6, 6.07) is 0. The fraction of sp³-hybridized carbons (Fsp3) is 0.727. The highest BCUT2D eigenvalue weighted by Crippen LogP contribution is 2.29. The van der Waals surface area contributed by atoms with E-state index in [1.165, 1.54) is 18.4 Å². The Morgan fingerprint density at radius 3 is 2.71 bits per heavy atom. The highest BCUT2D eigenvalue weighted by Gasteiger charge is 2.23. The van der Waals surface area contributed by atoms with Gasteiger partial charge in [0.05, 0.1) is 6.20 Å². The molecule has 80 valence electrons. The molecule has 1 rings (SSSR count). The van der Waals surface area contributed by atoms with Crippen LogP contribution < -0.4 is 0 Å². The van der Waals surface area contributed by atoms with Gasteiger partial charge in [0.2, 0.25) is 0 Å². The zero-order valence-corrected chi connectivity index (χ0v) is 10.0. The summed E-state index contributed by atoms with van der Waals surface area (Å²) in [5, 5.41) is 4.17. The second-order valence-corrected chi connectivity index (χ2v) is 4.66. The van der Waals surface area contributed by atoms with Gasteiger partial charge in [-0.15, -0.1) is 11.6 Å². The smallest absolute Gasteiger partial charge is 0.0521 e. The highest BCUT2D eigenvalue weighted by atomic mass is 35.5. The molecule has 0 aliphatic carbocycles. The van der Waals surface area contributed by atoms with Crippen molar-refractivity contribution >= 4 is 11.6 Å². The van der Waals surface area contributed by atoms with Gasteiger partial charge in [0.25, 0.3) is 0 Å². The second kappa shape index (κ2) is 4.83. The minimum Gasteiger partial charge on any atom is -0.276 e. The summed E-state index contributed by atoms with van der Waals surface area (Å²) in [6.45, 7) is 4.45. The highest BCUT2D eigenvalue weighted by molar-refractivity contribution is 6.18. The van der Waals surface area contributed by atoms with Gasteiger partial charge in [-0.05, 0) is 23.8 Å². The number of aromatic nitrogens is 2. The maximum absolute atomic E-state index is 6.02. The van der Waals surface area contributed by atoms with Crippen molar-refractivity contribution < 1.29 is 0 Å². The van der Waals surface area contributed by atoms with Crippen LogP contribution in [0.15, 0.2) is 12.4 Å². The maximum atomic E-state index is 6.02. The lowest BCUT2D eigenvalue weighted by Crippen LogP contribution is -2.21. The Labute approximate surface area is 91.3 Å². The van der Waals surface area contributed by atoms with E-state index >= 15 is 0 Å². The van der Waals surface area contributed by atoms with Crippen molar-refractivity contribution in [1.82, 2.24) is 9.78 Å². The number of halogens is 1. The molecule has 2 nitrogen and oxygen atoms in total. The number of hydrogen-bond donors (Lipinski definition) is 0. The molecular formula is C11H19ClN2. The van der Waals surface area contributed by atoms with E-state index in [2.05, 4.69) is 25.1 Å². The molecule has 0 amide bonds. The molecule has 0 aliphatic heterocycles. The third kappa shape index (κ3) is 3.02. The van der Waals surface area contributed by atoms with Crippen LogP contribution in [0.2, 0.25) is 0 Å². The summed E-state index contributed by atoms with van der Waals surface area (Å²) < 4.78 is 1.84. The van der Waals surface area contributed by atoms with Gasteiger partial charge in [-0.3, -0.25) is 4.68 Å². The van der Waals surface area contributed by atoms with Gasteiger partial charge in [-0.2, -0.15) is 5.10 Å². The topological polar surface area (TPSA) is 17.8 Å². The second-order valence-electron chi connectivity index (χ2n) is 4.39. The lowest BCUT2D eigenvalue weighted by molar-refractivity contribution is 0.335. The predicted molar refractivity (Wildman–Crippen MR) is 60.6 cm³/mol. The summed E-state index contributed by atoms with van der Waals surface area (Å²) in [5.41, 5.74) is 1.50. The summed E-state index contributed by atoms with van der Waals surface area (Å²) >= 11 is 6.02. The quantitative estimate of drug-likeness (QED) is 0.690. The lowest BCUT2D eigenvalue weighted by Gasteiger charge is -2.25. The third-order valence-corrected chi connectivity index (χ3v) is 3.21. The monoisotopic (exact) mass is 214 g/mol. The van der Waals surface area contributed by atoms with Crippen LogP contribution in [0.25, 0.3) is 0 Å².